The van der Waals surface area contributed by atoms with Crippen LogP contribution in [0, 0.1) is 0 Å². The molecule has 0 aliphatic carbocycles. The second kappa shape index (κ2) is 4.46. The molecule has 3 nitrogen and oxygen atoms in total. The predicted octanol–water partition coefficient (Wildman–Crippen LogP) is 0.234. The van der Waals surface area contributed by atoms with Crippen LogP contribution in [0.5, 0.6) is 0 Å². The first-order chi connectivity index (χ1) is 3.77. The van der Waals surface area contributed by atoms with Gasteiger partial charge in [0.15, 0.2) is 0 Å². The van der Waals surface area contributed by atoms with Crippen molar-refractivity contribution in [3.63, 3.8) is 0 Å². The van der Waals surface area contributed by atoms with Crippen molar-refractivity contribution in [2.75, 3.05) is 20.8 Å². The Morgan fingerprint density at radius 2 is 2.25 bits per heavy atom. The molecular formula is C5H11N3. The molecule has 0 bridgehead atoms. The van der Waals surface area contributed by atoms with Crippen LogP contribution < -0.4 is 0 Å². The number of hydrogen-bond donors (Lipinski definition) is 0. The van der Waals surface area contributed by atoms with Crippen molar-refractivity contribution >= 4 is 13.1 Å². The highest BCUT2D eigenvalue weighted by Gasteiger charge is 1.78. The Hall–Kier alpha value is -0.700. The monoisotopic (exact) mass is 113 g/mol. The molecule has 0 amide bonds. The molecule has 0 rings (SSSR count). The van der Waals surface area contributed by atoms with Gasteiger partial charge in [-0.25, -0.2) is 0 Å². The number of rotatable bonds is 3. The maximum Gasteiger partial charge on any atom is 0.110 e. The fourth-order valence-corrected chi connectivity index (χ4v) is 0.258. The van der Waals surface area contributed by atoms with E-state index < -0.39 is 0 Å². The molecule has 0 spiro atoms. The molecule has 0 aliphatic rings. The van der Waals surface area contributed by atoms with E-state index in [9.17, 15) is 0 Å². The van der Waals surface area contributed by atoms with Crippen LogP contribution in [0.1, 0.15) is 0 Å². The Morgan fingerprint density at radius 3 is 2.62 bits per heavy atom. The third-order valence-electron chi connectivity index (χ3n) is 0.528. The first-order valence-electron chi connectivity index (χ1n) is 2.36. The molecule has 0 saturated carbocycles. The highest BCUT2D eigenvalue weighted by Crippen LogP contribution is 1.71. The molecule has 46 valence electrons. The first kappa shape index (κ1) is 7.30. The lowest BCUT2D eigenvalue weighted by atomic mass is 10.9. The third kappa shape index (κ3) is 5.30. The van der Waals surface area contributed by atoms with Gasteiger partial charge >= 0.3 is 0 Å². The Bertz CT molecular complexity index is 85.7. The van der Waals surface area contributed by atoms with Crippen LogP contribution in [0.3, 0.4) is 0 Å². The van der Waals surface area contributed by atoms with Gasteiger partial charge < -0.3 is 0 Å². The fourth-order valence-electron chi connectivity index (χ4n) is 0.258. The zero-order chi connectivity index (χ0) is 6.41. The fraction of sp³-hybridized carbons (Fsp3) is 0.600. The summed E-state index contributed by atoms with van der Waals surface area (Å²) in [6.07, 6.45) is 1.44. The summed E-state index contributed by atoms with van der Waals surface area (Å²) < 4.78 is 0. The van der Waals surface area contributed by atoms with Crippen molar-refractivity contribution in [3.05, 3.63) is 0 Å². The van der Waals surface area contributed by atoms with E-state index in [0.29, 0.717) is 6.67 Å². The van der Waals surface area contributed by atoms with Crippen LogP contribution in [0.25, 0.3) is 0 Å². The van der Waals surface area contributed by atoms with Gasteiger partial charge in [0.25, 0.3) is 0 Å². The number of nitrogens with zero attached hydrogens (tertiary/aromatic N) is 3. The van der Waals surface area contributed by atoms with E-state index in [2.05, 4.69) is 16.7 Å². The minimum Gasteiger partial charge on any atom is -0.291 e. The Kier molecular flexibility index (Phi) is 4.07. The molecule has 0 aromatic carbocycles. The summed E-state index contributed by atoms with van der Waals surface area (Å²) in [4.78, 5) is 9.25. The van der Waals surface area contributed by atoms with Gasteiger partial charge in [-0.3, -0.25) is 14.9 Å². The zero-order valence-corrected chi connectivity index (χ0v) is 5.33. The van der Waals surface area contributed by atoms with Crippen molar-refractivity contribution in [2.45, 2.75) is 0 Å². The summed E-state index contributed by atoms with van der Waals surface area (Å²) in [7, 11) is 3.89. The lowest BCUT2D eigenvalue weighted by Gasteiger charge is -2.01. The predicted molar refractivity (Wildman–Crippen MR) is 36.6 cm³/mol. The molecule has 8 heavy (non-hydrogen) atoms. The van der Waals surface area contributed by atoms with Gasteiger partial charge in [0, 0.05) is 0 Å². The molecule has 0 unspecified atom stereocenters. The molecule has 0 saturated heterocycles. The van der Waals surface area contributed by atoms with E-state index in [-0.39, 0.29) is 0 Å². The van der Waals surface area contributed by atoms with Crippen LogP contribution in [0.15, 0.2) is 9.98 Å². The topological polar surface area (TPSA) is 28.0 Å². The summed E-state index contributed by atoms with van der Waals surface area (Å²) in [5.74, 6) is 0. The van der Waals surface area contributed by atoms with Crippen molar-refractivity contribution in [2.24, 2.45) is 9.98 Å². The van der Waals surface area contributed by atoms with Gasteiger partial charge in [-0.15, -0.1) is 0 Å². The van der Waals surface area contributed by atoms with E-state index >= 15 is 0 Å². The van der Waals surface area contributed by atoms with Crippen molar-refractivity contribution in [1.82, 2.24) is 4.90 Å². The lowest BCUT2D eigenvalue weighted by Crippen LogP contribution is -2.10. The maximum atomic E-state index is 3.86. The summed E-state index contributed by atoms with van der Waals surface area (Å²) >= 11 is 0. The maximum absolute atomic E-state index is 3.86. The quantitative estimate of drug-likeness (QED) is 0.380. The first-order valence-corrected chi connectivity index (χ1v) is 2.36. The van der Waals surface area contributed by atoms with E-state index in [1.807, 2.05) is 19.0 Å². The van der Waals surface area contributed by atoms with Gasteiger partial charge in [0.2, 0.25) is 0 Å². The highest BCUT2D eigenvalue weighted by atomic mass is 15.1. The van der Waals surface area contributed by atoms with Crippen molar-refractivity contribution in [3.8, 4) is 0 Å². The third-order valence-corrected chi connectivity index (χ3v) is 0.528. The van der Waals surface area contributed by atoms with E-state index in [1.54, 1.807) is 0 Å². The van der Waals surface area contributed by atoms with Crippen LogP contribution in [-0.2, 0) is 0 Å². The highest BCUT2D eigenvalue weighted by molar-refractivity contribution is 5.61. The SMILES string of the molecule is C=NC=NCN(C)C. The molecule has 0 aromatic heterocycles. The molecule has 0 radical (unpaired) electrons. The average Bonchev–Trinajstić information content (AvgIpc) is 1.66. The number of hydrogen-bond acceptors (Lipinski definition) is 2. The van der Waals surface area contributed by atoms with Crippen LogP contribution in [-0.4, -0.2) is 38.7 Å². The lowest BCUT2D eigenvalue weighted by molar-refractivity contribution is 0.425. The summed E-state index contributed by atoms with van der Waals surface area (Å²) in [5.41, 5.74) is 0. The number of aliphatic imine (C=N–C) groups is 2. The van der Waals surface area contributed by atoms with Gasteiger partial charge in [0.05, 0.1) is 6.67 Å². The molecule has 0 atom stereocenters. The summed E-state index contributed by atoms with van der Waals surface area (Å²) in [5, 5.41) is 0. The zero-order valence-electron chi connectivity index (χ0n) is 5.33. The van der Waals surface area contributed by atoms with Crippen LogP contribution >= 0.6 is 0 Å². The smallest absolute Gasteiger partial charge is 0.110 e. The molecular weight excluding hydrogens is 102 g/mol. The van der Waals surface area contributed by atoms with Gasteiger partial charge in [0.1, 0.15) is 6.34 Å². The second-order valence-electron chi connectivity index (χ2n) is 1.70. The molecule has 0 aliphatic heterocycles. The van der Waals surface area contributed by atoms with Crippen LogP contribution in [0.4, 0.5) is 0 Å². The molecule has 0 aromatic rings. The Morgan fingerprint density at radius 1 is 1.62 bits per heavy atom. The van der Waals surface area contributed by atoms with Gasteiger partial charge in [-0.1, -0.05) is 0 Å². The van der Waals surface area contributed by atoms with Gasteiger partial charge in [-0.2, -0.15) is 0 Å². The normalized spacial score (nSPS) is 10.9. The molecule has 0 N–H and O–H groups in total. The minimum absolute atomic E-state index is 0.680. The minimum atomic E-state index is 0.680. The second-order valence-corrected chi connectivity index (χ2v) is 1.70. The molecule has 0 fully saturated rings. The molecule has 0 heterocycles. The molecule has 3 heteroatoms. The van der Waals surface area contributed by atoms with E-state index in [0.717, 1.165) is 0 Å². The Labute approximate surface area is 49.7 Å². The summed E-state index contributed by atoms with van der Waals surface area (Å²) in [6, 6.07) is 0. The van der Waals surface area contributed by atoms with Crippen LogP contribution in [0.2, 0.25) is 0 Å². The van der Waals surface area contributed by atoms with Crippen molar-refractivity contribution < 1.29 is 0 Å². The largest absolute Gasteiger partial charge is 0.291 e. The average molecular weight is 113 g/mol. The van der Waals surface area contributed by atoms with Gasteiger partial charge in [-0.05, 0) is 20.8 Å². The van der Waals surface area contributed by atoms with E-state index in [4.69, 9.17) is 0 Å². The standard InChI is InChI=1S/C5H11N3/c1-6-4-7-5-8(2)3/h4H,1,5H2,2-3H3. The summed E-state index contributed by atoms with van der Waals surface area (Å²) in [6.45, 7) is 3.92. The Balaban J connectivity index is 3.15. The van der Waals surface area contributed by atoms with E-state index in [1.165, 1.54) is 6.34 Å². The van der Waals surface area contributed by atoms with Crippen molar-refractivity contribution in [1.29, 1.82) is 0 Å².